The number of allylic oxidation sites excluding steroid dienone is 2. The molecule has 140 valence electrons. The van der Waals surface area contributed by atoms with Crippen LogP contribution >= 0.6 is 11.3 Å². The van der Waals surface area contributed by atoms with E-state index >= 15 is 0 Å². The fourth-order valence-electron chi connectivity index (χ4n) is 3.73. The molecule has 1 N–H and O–H groups in total. The normalized spacial score (nSPS) is 19.3. The lowest BCUT2D eigenvalue weighted by molar-refractivity contribution is -0.126. The molecule has 4 aromatic rings. The molecule has 3 aromatic heterocycles. The van der Waals surface area contributed by atoms with Crippen molar-refractivity contribution in [2.75, 3.05) is 0 Å². The number of carbonyl (C=O) groups is 1. The summed E-state index contributed by atoms with van der Waals surface area (Å²) in [7, 11) is 0. The van der Waals surface area contributed by atoms with Gasteiger partial charge in [-0.25, -0.2) is 4.98 Å². The fourth-order valence-corrected chi connectivity index (χ4v) is 4.88. The maximum absolute atomic E-state index is 13.0. The van der Waals surface area contributed by atoms with E-state index in [9.17, 15) is 4.79 Å². The molecular weight excluding hydrogens is 370 g/mol. The number of hydrogen-bond acceptors (Lipinski definition) is 5. The minimum absolute atomic E-state index is 0.0429. The van der Waals surface area contributed by atoms with Crippen LogP contribution in [0.4, 0.5) is 0 Å². The number of nitrogens with zero attached hydrogens (tertiary/aromatic N) is 4. The number of pyridine rings is 1. The first-order valence-electron chi connectivity index (χ1n) is 9.36. The smallest absolute Gasteiger partial charge is 0.224 e. The Morgan fingerprint density at radius 1 is 1.11 bits per heavy atom. The largest absolute Gasteiger partial charge is 0.349 e. The van der Waals surface area contributed by atoms with Crippen LogP contribution in [0.3, 0.4) is 0 Å². The summed E-state index contributed by atoms with van der Waals surface area (Å²) in [6.07, 6.45) is 7.73. The van der Waals surface area contributed by atoms with Crippen molar-refractivity contribution in [3.05, 3.63) is 71.6 Å². The summed E-state index contributed by atoms with van der Waals surface area (Å²) in [5.74, 6) is 0.760. The van der Waals surface area contributed by atoms with E-state index in [0.717, 1.165) is 34.8 Å². The quantitative estimate of drug-likeness (QED) is 0.540. The van der Waals surface area contributed by atoms with Gasteiger partial charge in [0.05, 0.1) is 27.7 Å². The van der Waals surface area contributed by atoms with Crippen LogP contribution in [-0.2, 0) is 11.3 Å². The number of benzene rings is 1. The Morgan fingerprint density at radius 2 is 1.96 bits per heavy atom. The molecular formula is C21H19N5OS. The first kappa shape index (κ1) is 17.1. The van der Waals surface area contributed by atoms with E-state index in [1.807, 2.05) is 47.0 Å². The zero-order valence-corrected chi connectivity index (χ0v) is 16.0. The molecule has 0 bridgehead atoms. The Labute approximate surface area is 165 Å². The fraction of sp³-hybridized carbons (Fsp3) is 0.238. The number of fused-ring (bicyclic) bond motifs is 2. The molecule has 0 aliphatic heterocycles. The van der Waals surface area contributed by atoms with Crippen molar-refractivity contribution in [3.8, 4) is 0 Å². The molecule has 0 fully saturated rings. The summed E-state index contributed by atoms with van der Waals surface area (Å²) >= 11 is 1.69. The lowest BCUT2D eigenvalue weighted by Gasteiger charge is -2.25. The number of rotatable bonds is 4. The van der Waals surface area contributed by atoms with Crippen LogP contribution in [-0.4, -0.2) is 25.5 Å². The van der Waals surface area contributed by atoms with Gasteiger partial charge in [0, 0.05) is 12.1 Å². The molecule has 0 unspecified atom stereocenters. The Bertz CT molecular complexity index is 1140. The van der Waals surface area contributed by atoms with Crippen LogP contribution in [0.1, 0.15) is 29.6 Å². The molecule has 6 nitrogen and oxygen atoms in total. The number of aromatic nitrogens is 4. The SMILES string of the molecule is O=C(NCc1nnc2ccccn12)[C@H]1CC=CC[C@@H]1c1nc2ccccc2s1. The van der Waals surface area contributed by atoms with E-state index in [-0.39, 0.29) is 17.7 Å². The molecule has 1 aliphatic carbocycles. The van der Waals surface area contributed by atoms with Crippen LogP contribution in [0.2, 0.25) is 0 Å². The van der Waals surface area contributed by atoms with Crippen molar-refractivity contribution < 1.29 is 4.79 Å². The van der Waals surface area contributed by atoms with Gasteiger partial charge in [-0.15, -0.1) is 21.5 Å². The number of para-hydroxylation sites is 1. The second kappa shape index (κ2) is 7.16. The summed E-state index contributed by atoms with van der Waals surface area (Å²) in [5.41, 5.74) is 1.78. The van der Waals surface area contributed by atoms with Gasteiger partial charge < -0.3 is 5.32 Å². The lowest BCUT2D eigenvalue weighted by Crippen LogP contribution is -2.35. The predicted octanol–water partition coefficient (Wildman–Crippen LogP) is 3.71. The molecule has 28 heavy (non-hydrogen) atoms. The topological polar surface area (TPSA) is 72.2 Å². The monoisotopic (exact) mass is 389 g/mol. The summed E-state index contributed by atoms with van der Waals surface area (Å²) < 4.78 is 3.06. The van der Waals surface area contributed by atoms with E-state index in [2.05, 4.69) is 33.7 Å². The Morgan fingerprint density at radius 3 is 2.89 bits per heavy atom. The van der Waals surface area contributed by atoms with Gasteiger partial charge in [0.15, 0.2) is 11.5 Å². The predicted molar refractivity (Wildman–Crippen MR) is 109 cm³/mol. The number of amides is 1. The van der Waals surface area contributed by atoms with Gasteiger partial charge in [0.25, 0.3) is 0 Å². The van der Waals surface area contributed by atoms with Crippen LogP contribution in [0.5, 0.6) is 0 Å². The summed E-state index contributed by atoms with van der Waals surface area (Å²) in [5, 5.41) is 12.4. The highest BCUT2D eigenvalue weighted by Gasteiger charge is 2.32. The molecule has 1 aliphatic rings. The lowest BCUT2D eigenvalue weighted by atomic mass is 9.82. The number of thiazole rings is 1. The third-order valence-corrected chi connectivity index (χ3v) is 6.37. The highest BCUT2D eigenvalue weighted by Crippen LogP contribution is 2.38. The molecule has 0 saturated heterocycles. The van der Waals surface area contributed by atoms with Gasteiger partial charge >= 0.3 is 0 Å². The highest BCUT2D eigenvalue weighted by atomic mass is 32.1. The van der Waals surface area contributed by atoms with E-state index in [1.54, 1.807) is 11.3 Å². The van der Waals surface area contributed by atoms with E-state index in [1.165, 1.54) is 4.70 Å². The Balaban J connectivity index is 1.35. The number of hydrogen-bond donors (Lipinski definition) is 1. The average molecular weight is 389 g/mol. The molecule has 2 atom stereocenters. The summed E-state index contributed by atoms with van der Waals surface area (Å²) in [6.45, 7) is 0.358. The maximum atomic E-state index is 13.0. The molecule has 0 saturated carbocycles. The molecule has 1 amide bonds. The van der Waals surface area contributed by atoms with E-state index < -0.39 is 0 Å². The zero-order chi connectivity index (χ0) is 18.9. The number of carbonyl (C=O) groups excluding carboxylic acids is 1. The highest BCUT2D eigenvalue weighted by molar-refractivity contribution is 7.18. The van der Waals surface area contributed by atoms with Crippen molar-refractivity contribution in [3.63, 3.8) is 0 Å². The van der Waals surface area contributed by atoms with Gasteiger partial charge in [0.2, 0.25) is 5.91 Å². The van der Waals surface area contributed by atoms with Crippen LogP contribution in [0.25, 0.3) is 15.9 Å². The van der Waals surface area contributed by atoms with Crippen LogP contribution in [0.15, 0.2) is 60.8 Å². The third kappa shape index (κ3) is 3.07. The Kier molecular flexibility index (Phi) is 4.37. The average Bonchev–Trinajstić information content (AvgIpc) is 3.36. The van der Waals surface area contributed by atoms with Crippen LogP contribution in [0, 0.1) is 5.92 Å². The first-order valence-corrected chi connectivity index (χ1v) is 10.2. The Hall–Kier alpha value is -3.06. The van der Waals surface area contributed by atoms with Gasteiger partial charge in [-0.3, -0.25) is 9.20 Å². The second-order valence-electron chi connectivity index (χ2n) is 6.94. The van der Waals surface area contributed by atoms with Crippen molar-refractivity contribution in [2.45, 2.75) is 25.3 Å². The standard InChI is InChI=1S/C21H19N5OS/c27-20(22-13-19-25-24-18-11-5-6-12-26(18)19)14-7-1-2-8-15(14)21-23-16-9-3-4-10-17(16)28-21/h1-6,9-12,14-15H,7-8,13H2,(H,22,27)/t14-,15-/m0/s1. The van der Waals surface area contributed by atoms with E-state index in [0.29, 0.717) is 6.54 Å². The van der Waals surface area contributed by atoms with Crippen molar-refractivity contribution in [2.24, 2.45) is 5.92 Å². The van der Waals surface area contributed by atoms with Gasteiger partial charge in [-0.2, -0.15) is 0 Å². The number of nitrogens with one attached hydrogen (secondary N) is 1. The molecule has 7 heteroatoms. The third-order valence-electron chi connectivity index (χ3n) is 5.20. The minimum atomic E-state index is -0.121. The summed E-state index contributed by atoms with van der Waals surface area (Å²) in [6, 6.07) is 13.9. The first-order chi connectivity index (χ1) is 13.8. The van der Waals surface area contributed by atoms with Crippen molar-refractivity contribution in [1.82, 2.24) is 24.9 Å². The second-order valence-corrected chi connectivity index (χ2v) is 8.00. The van der Waals surface area contributed by atoms with Gasteiger partial charge in [-0.1, -0.05) is 30.4 Å². The maximum Gasteiger partial charge on any atom is 0.224 e. The molecule has 1 aromatic carbocycles. The van der Waals surface area contributed by atoms with E-state index in [4.69, 9.17) is 4.98 Å². The molecule has 0 radical (unpaired) electrons. The zero-order valence-electron chi connectivity index (χ0n) is 15.2. The summed E-state index contributed by atoms with van der Waals surface area (Å²) in [4.78, 5) is 17.8. The minimum Gasteiger partial charge on any atom is -0.349 e. The van der Waals surface area contributed by atoms with Gasteiger partial charge in [0.1, 0.15) is 0 Å². The molecule has 0 spiro atoms. The van der Waals surface area contributed by atoms with Gasteiger partial charge in [-0.05, 0) is 37.1 Å². The molecule has 3 heterocycles. The van der Waals surface area contributed by atoms with Crippen molar-refractivity contribution >= 4 is 33.1 Å². The van der Waals surface area contributed by atoms with Crippen molar-refractivity contribution in [1.29, 1.82) is 0 Å². The van der Waals surface area contributed by atoms with Crippen LogP contribution < -0.4 is 5.32 Å². The molecule has 5 rings (SSSR count).